The van der Waals surface area contributed by atoms with E-state index < -0.39 is 11.6 Å². The van der Waals surface area contributed by atoms with Crippen LogP contribution in [0.4, 0.5) is 8.78 Å². The molecule has 0 spiro atoms. The molecular weight excluding hydrogens is 278 g/mol. The molecule has 0 aliphatic carbocycles. The maximum absolute atomic E-state index is 13.5. The third-order valence-corrected chi connectivity index (χ3v) is 3.06. The van der Waals surface area contributed by atoms with E-state index in [9.17, 15) is 8.78 Å². The van der Waals surface area contributed by atoms with E-state index in [1.54, 1.807) is 0 Å². The first-order chi connectivity index (χ1) is 7.62. The van der Waals surface area contributed by atoms with Gasteiger partial charge in [-0.1, -0.05) is 29.8 Å². The largest absolute Gasteiger partial charge is 0.484 e. The van der Waals surface area contributed by atoms with Crippen molar-refractivity contribution in [2.45, 2.75) is 38.1 Å². The molecule has 0 aliphatic heterocycles. The Morgan fingerprint density at radius 2 is 1.69 bits per heavy atom. The van der Waals surface area contributed by atoms with Crippen LogP contribution in [0.3, 0.4) is 0 Å². The fraction of sp³-hybridized carbons (Fsp3) is 0.500. The highest BCUT2D eigenvalue weighted by molar-refractivity contribution is 9.08. The number of ether oxygens (including phenoxy) is 1. The van der Waals surface area contributed by atoms with Crippen LogP contribution in [0.1, 0.15) is 32.3 Å². The van der Waals surface area contributed by atoms with Gasteiger partial charge in [0.25, 0.3) is 0 Å². The number of hydrogen-bond acceptors (Lipinski definition) is 1. The molecule has 0 unspecified atom stereocenters. The Balaban J connectivity index is 2.95. The summed E-state index contributed by atoms with van der Waals surface area (Å²) in [4.78, 5) is 0. The van der Waals surface area contributed by atoms with Crippen LogP contribution in [-0.4, -0.2) is 6.10 Å². The summed E-state index contributed by atoms with van der Waals surface area (Å²) in [7, 11) is 0. The Kier molecular flexibility index (Phi) is 5.19. The summed E-state index contributed by atoms with van der Waals surface area (Å²) in [5.74, 6) is -1.54. The van der Waals surface area contributed by atoms with Crippen LogP contribution in [0, 0.1) is 11.6 Å². The molecular formula is C12H15BrF2O. The van der Waals surface area contributed by atoms with E-state index in [1.165, 1.54) is 12.1 Å². The second-order valence-corrected chi connectivity index (χ2v) is 4.14. The van der Waals surface area contributed by atoms with E-state index in [2.05, 4.69) is 15.9 Å². The predicted molar refractivity (Wildman–Crippen MR) is 64.0 cm³/mol. The lowest BCUT2D eigenvalue weighted by molar-refractivity contribution is 0.175. The van der Waals surface area contributed by atoms with E-state index in [0.29, 0.717) is 10.9 Å². The van der Waals surface area contributed by atoms with Crippen LogP contribution in [0.5, 0.6) is 5.75 Å². The van der Waals surface area contributed by atoms with Crippen molar-refractivity contribution < 1.29 is 13.5 Å². The highest BCUT2D eigenvalue weighted by Crippen LogP contribution is 2.26. The number of hydrogen-bond donors (Lipinski definition) is 0. The minimum absolute atomic E-state index is 0.140. The van der Waals surface area contributed by atoms with Crippen LogP contribution < -0.4 is 4.74 Å². The third kappa shape index (κ3) is 3.17. The first-order valence-corrected chi connectivity index (χ1v) is 6.45. The summed E-state index contributed by atoms with van der Waals surface area (Å²) >= 11 is 3.15. The Labute approximate surface area is 103 Å². The van der Waals surface area contributed by atoms with Gasteiger partial charge < -0.3 is 4.74 Å². The molecule has 0 fully saturated rings. The van der Waals surface area contributed by atoms with E-state index in [-0.39, 0.29) is 11.9 Å². The first-order valence-electron chi connectivity index (χ1n) is 5.32. The fourth-order valence-corrected chi connectivity index (χ4v) is 1.75. The Morgan fingerprint density at radius 1 is 1.19 bits per heavy atom. The monoisotopic (exact) mass is 292 g/mol. The summed E-state index contributed by atoms with van der Waals surface area (Å²) in [6, 6.07) is 2.57. The number of rotatable bonds is 5. The molecule has 0 heterocycles. The molecule has 90 valence electrons. The zero-order valence-corrected chi connectivity index (χ0v) is 11.0. The van der Waals surface area contributed by atoms with E-state index in [0.717, 1.165) is 12.8 Å². The van der Waals surface area contributed by atoms with Gasteiger partial charge in [0.1, 0.15) is 0 Å². The molecule has 0 saturated carbocycles. The van der Waals surface area contributed by atoms with Gasteiger partial charge in [-0.05, 0) is 30.5 Å². The first kappa shape index (κ1) is 13.4. The van der Waals surface area contributed by atoms with Crippen molar-refractivity contribution in [2.24, 2.45) is 0 Å². The average Bonchev–Trinajstić information content (AvgIpc) is 2.28. The van der Waals surface area contributed by atoms with E-state index >= 15 is 0 Å². The normalized spacial score (nSPS) is 10.9. The summed E-state index contributed by atoms with van der Waals surface area (Å²) in [5, 5.41) is 0.423. The topological polar surface area (TPSA) is 9.23 Å². The van der Waals surface area contributed by atoms with Gasteiger partial charge in [-0.2, -0.15) is 0 Å². The number of halogens is 3. The molecule has 0 aromatic heterocycles. The summed E-state index contributed by atoms with van der Waals surface area (Å²) in [5.41, 5.74) is 0.562. The second kappa shape index (κ2) is 6.18. The zero-order chi connectivity index (χ0) is 12.1. The highest BCUT2D eigenvalue weighted by atomic mass is 79.9. The lowest BCUT2D eigenvalue weighted by Crippen LogP contribution is -2.15. The molecule has 0 amide bonds. The fourth-order valence-electron chi connectivity index (χ4n) is 1.42. The standard InChI is InChI=1S/C12H15BrF2O/c1-3-9(4-2)16-12-10(14)5-8(7-13)6-11(12)15/h5-6,9H,3-4,7H2,1-2H3. The molecule has 0 bridgehead atoms. The molecule has 1 nitrogen and oxygen atoms in total. The van der Waals surface area contributed by atoms with Crippen molar-refractivity contribution in [2.75, 3.05) is 0 Å². The van der Waals surface area contributed by atoms with Crippen LogP contribution >= 0.6 is 15.9 Å². The van der Waals surface area contributed by atoms with Crippen molar-refractivity contribution in [3.05, 3.63) is 29.3 Å². The maximum atomic E-state index is 13.5. The summed E-state index contributed by atoms with van der Waals surface area (Å²) in [6.45, 7) is 3.85. The van der Waals surface area contributed by atoms with Crippen molar-refractivity contribution in [1.29, 1.82) is 0 Å². The molecule has 16 heavy (non-hydrogen) atoms. The van der Waals surface area contributed by atoms with Gasteiger partial charge in [0.2, 0.25) is 0 Å². The highest BCUT2D eigenvalue weighted by Gasteiger charge is 2.15. The van der Waals surface area contributed by atoms with Crippen LogP contribution in [0.2, 0.25) is 0 Å². The third-order valence-electron chi connectivity index (χ3n) is 2.41. The van der Waals surface area contributed by atoms with E-state index in [4.69, 9.17) is 4.74 Å². The summed E-state index contributed by atoms with van der Waals surface area (Å²) < 4.78 is 32.4. The SMILES string of the molecule is CCC(CC)Oc1c(F)cc(CBr)cc1F. The second-order valence-electron chi connectivity index (χ2n) is 3.58. The molecule has 1 aromatic rings. The van der Waals surface area contributed by atoms with Gasteiger partial charge in [-0.3, -0.25) is 0 Å². The lowest BCUT2D eigenvalue weighted by atomic mass is 10.2. The van der Waals surface area contributed by atoms with Crippen molar-refractivity contribution in [1.82, 2.24) is 0 Å². The van der Waals surface area contributed by atoms with E-state index in [1.807, 2.05) is 13.8 Å². The Morgan fingerprint density at radius 3 is 2.06 bits per heavy atom. The van der Waals surface area contributed by atoms with Crippen LogP contribution in [0.25, 0.3) is 0 Å². The average molecular weight is 293 g/mol. The molecule has 0 N–H and O–H groups in total. The Bertz CT molecular complexity index is 328. The van der Waals surface area contributed by atoms with Gasteiger partial charge >= 0.3 is 0 Å². The van der Waals surface area contributed by atoms with Crippen molar-refractivity contribution in [3.8, 4) is 5.75 Å². The molecule has 0 radical (unpaired) electrons. The lowest BCUT2D eigenvalue weighted by Gasteiger charge is -2.17. The smallest absolute Gasteiger partial charge is 0.191 e. The van der Waals surface area contributed by atoms with Crippen molar-refractivity contribution in [3.63, 3.8) is 0 Å². The minimum atomic E-state index is -0.638. The quantitative estimate of drug-likeness (QED) is 0.730. The molecule has 1 aromatic carbocycles. The van der Waals surface area contributed by atoms with Gasteiger partial charge in [-0.15, -0.1) is 0 Å². The van der Waals surface area contributed by atoms with Gasteiger partial charge in [-0.25, -0.2) is 8.78 Å². The molecule has 0 saturated heterocycles. The number of alkyl halides is 1. The predicted octanol–water partition coefficient (Wildman–Crippen LogP) is 4.43. The van der Waals surface area contributed by atoms with Crippen LogP contribution in [-0.2, 0) is 5.33 Å². The molecule has 0 atom stereocenters. The van der Waals surface area contributed by atoms with Gasteiger partial charge in [0.05, 0.1) is 6.10 Å². The summed E-state index contributed by atoms with van der Waals surface area (Å²) in [6.07, 6.45) is 1.32. The molecule has 1 rings (SSSR count). The van der Waals surface area contributed by atoms with Crippen LogP contribution in [0.15, 0.2) is 12.1 Å². The maximum Gasteiger partial charge on any atom is 0.191 e. The molecule has 0 aliphatic rings. The minimum Gasteiger partial charge on any atom is -0.484 e. The Hall–Kier alpha value is -0.640. The molecule has 4 heteroatoms. The zero-order valence-electron chi connectivity index (χ0n) is 9.40. The number of benzene rings is 1. The van der Waals surface area contributed by atoms with Crippen molar-refractivity contribution >= 4 is 15.9 Å². The van der Waals surface area contributed by atoms with Gasteiger partial charge in [0.15, 0.2) is 17.4 Å². The van der Waals surface area contributed by atoms with Gasteiger partial charge in [0, 0.05) is 5.33 Å².